The maximum absolute atomic E-state index is 5.76. The van der Waals surface area contributed by atoms with E-state index in [-0.39, 0.29) is 0 Å². The van der Waals surface area contributed by atoms with Gasteiger partial charge in [0, 0.05) is 35.0 Å². The number of hydrogen-bond acceptors (Lipinski definition) is 6. The van der Waals surface area contributed by atoms with Crippen LogP contribution in [0.4, 0.5) is 0 Å². The molecule has 1 unspecified atom stereocenters. The zero-order chi connectivity index (χ0) is 21.3. The number of rotatable bonds is 9. The highest BCUT2D eigenvalue weighted by atomic mass is 32.2. The van der Waals surface area contributed by atoms with Gasteiger partial charge in [0.1, 0.15) is 12.4 Å². The second kappa shape index (κ2) is 11.0. The lowest BCUT2D eigenvalue weighted by Crippen LogP contribution is -2.14. The Kier molecular flexibility index (Phi) is 7.58. The molecule has 1 aromatic heterocycles. The fourth-order valence-electron chi connectivity index (χ4n) is 3.35. The monoisotopic (exact) mass is 433 g/mol. The summed E-state index contributed by atoms with van der Waals surface area (Å²) in [4.78, 5) is 9.95. The first-order valence-electron chi connectivity index (χ1n) is 10.5. The van der Waals surface area contributed by atoms with E-state index in [0.29, 0.717) is 18.5 Å². The van der Waals surface area contributed by atoms with Crippen molar-refractivity contribution in [2.45, 2.75) is 18.6 Å². The normalized spacial score (nSPS) is 16.3. The topological polar surface area (TPSA) is 55.7 Å². The van der Waals surface area contributed by atoms with Crippen LogP contribution in [0.5, 0.6) is 5.75 Å². The highest BCUT2D eigenvalue weighted by Crippen LogP contribution is 2.21. The highest BCUT2D eigenvalue weighted by Gasteiger charge is 2.15. The first kappa shape index (κ1) is 21.4. The van der Waals surface area contributed by atoms with Crippen LogP contribution in [0.15, 0.2) is 78.1 Å². The zero-order valence-electron chi connectivity index (χ0n) is 17.7. The molecule has 160 valence electrons. The van der Waals surface area contributed by atoms with Crippen molar-refractivity contribution in [3.8, 4) is 17.0 Å². The molecule has 0 spiro atoms. The highest BCUT2D eigenvalue weighted by molar-refractivity contribution is 8.00. The largest absolute Gasteiger partial charge is 0.490 e. The minimum absolute atomic E-state index is 0.388. The van der Waals surface area contributed by atoms with Crippen LogP contribution in [0.25, 0.3) is 11.3 Å². The lowest BCUT2D eigenvalue weighted by molar-refractivity contribution is 0.107. The summed E-state index contributed by atoms with van der Waals surface area (Å²) in [5.74, 6) is 1.91. The van der Waals surface area contributed by atoms with E-state index in [9.17, 15) is 0 Å². The Labute approximate surface area is 187 Å². The molecule has 6 heteroatoms. The minimum Gasteiger partial charge on any atom is -0.490 e. The predicted molar refractivity (Wildman–Crippen MR) is 128 cm³/mol. The Balaban J connectivity index is 1.20. The molecule has 2 aromatic carbocycles. The Morgan fingerprint density at radius 3 is 2.61 bits per heavy atom. The first-order chi connectivity index (χ1) is 15.3. The molecule has 0 saturated carbocycles. The van der Waals surface area contributed by atoms with Gasteiger partial charge in [-0.25, -0.2) is 0 Å². The molecule has 31 heavy (non-hydrogen) atoms. The van der Waals surface area contributed by atoms with E-state index in [2.05, 4.69) is 27.6 Å². The molecule has 4 rings (SSSR count). The number of pyridine rings is 1. The van der Waals surface area contributed by atoms with Gasteiger partial charge >= 0.3 is 0 Å². The maximum Gasteiger partial charge on any atom is 0.151 e. The molecule has 0 aliphatic carbocycles. The predicted octanol–water partition coefficient (Wildman–Crippen LogP) is 4.77. The van der Waals surface area contributed by atoms with E-state index in [1.807, 2.05) is 79.5 Å². The molecule has 1 aliphatic heterocycles. The van der Waals surface area contributed by atoms with E-state index in [1.165, 1.54) is 5.56 Å². The number of hydrogen-bond donors (Lipinski definition) is 1. The summed E-state index contributed by atoms with van der Waals surface area (Å²) in [6, 6.07) is 22.5. The van der Waals surface area contributed by atoms with Crippen molar-refractivity contribution >= 4 is 17.5 Å². The molecule has 1 fully saturated rings. The summed E-state index contributed by atoms with van der Waals surface area (Å²) < 4.78 is 5.76. The van der Waals surface area contributed by atoms with Gasteiger partial charge in [-0.05, 0) is 43.2 Å². The fourth-order valence-corrected chi connectivity index (χ4v) is 4.37. The SMILES string of the molecule is CC(=NOCCOc1ccc(CC2CNCS2)cc1)c1ccc(-c2ccccc2)nc1. The number of oxime groups is 1. The van der Waals surface area contributed by atoms with Crippen molar-refractivity contribution in [3.63, 3.8) is 0 Å². The van der Waals surface area contributed by atoms with Crippen molar-refractivity contribution in [3.05, 3.63) is 84.1 Å². The first-order valence-corrected chi connectivity index (χ1v) is 11.6. The summed E-state index contributed by atoms with van der Waals surface area (Å²) in [5.41, 5.74) is 5.11. The van der Waals surface area contributed by atoms with Gasteiger partial charge in [0.25, 0.3) is 0 Å². The summed E-state index contributed by atoms with van der Waals surface area (Å²) in [5, 5.41) is 8.24. The van der Waals surface area contributed by atoms with Gasteiger partial charge in [0.2, 0.25) is 0 Å². The van der Waals surface area contributed by atoms with E-state index in [1.54, 1.807) is 0 Å². The molecule has 5 nitrogen and oxygen atoms in total. The van der Waals surface area contributed by atoms with Crippen LogP contribution in [0.2, 0.25) is 0 Å². The van der Waals surface area contributed by atoms with Crippen LogP contribution in [-0.4, -0.2) is 41.6 Å². The number of thioether (sulfide) groups is 1. The molecule has 2 heterocycles. The number of nitrogens with zero attached hydrogens (tertiary/aromatic N) is 2. The molecular formula is C25H27N3O2S. The average Bonchev–Trinajstić information content (AvgIpc) is 3.33. The minimum atomic E-state index is 0.388. The molecule has 1 aliphatic rings. The van der Waals surface area contributed by atoms with Gasteiger partial charge in [0.15, 0.2) is 6.61 Å². The van der Waals surface area contributed by atoms with E-state index >= 15 is 0 Å². The number of aromatic nitrogens is 1. The van der Waals surface area contributed by atoms with Crippen LogP contribution in [0.1, 0.15) is 18.1 Å². The summed E-state index contributed by atoms with van der Waals surface area (Å²) in [7, 11) is 0. The Morgan fingerprint density at radius 1 is 1.06 bits per heavy atom. The molecule has 1 N–H and O–H groups in total. The maximum atomic E-state index is 5.76. The smallest absolute Gasteiger partial charge is 0.151 e. The van der Waals surface area contributed by atoms with Crippen LogP contribution >= 0.6 is 11.8 Å². The van der Waals surface area contributed by atoms with Crippen LogP contribution in [0, 0.1) is 0 Å². The van der Waals surface area contributed by atoms with Gasteiger partial charge in [0.05, 0.1) is 11.4 Å². The zero-order valence-corrected chi connectivity index (χ0v) is 18.5. The summed E-state index contributed by atoms with van der Waals surface area (Å²) in [6.45, 7) is 3.84. The van der Waals surface area contributed by atoms with E-state index in [4.69, 9.17) is 9.57 Å². The van der Waals surface area contributed by atoms with Crippen molar-refractivity contribution in [1.29, 1.82) is 0 Å². The molecule has 1 saturated heterocycles. The molecule has 1 atom stereocenters. The quantitative estimate of drug-likeness (QED) is 0.299. The van der Waals surface area contributed by atoms with E-state index < -0.39 is 0 Å². The van der Waals surface area contributed by atoms with Gasteiger partial charge < -0.3 is 14.9 Å². The van der Waals surface area contributed by atoms with Gasteiger partial charge in [-0.2, -0.15) is 0 Å². The molecule has 0 amide bonds. The second-order valence-electron chi connectivity index (χ2n) is 7.39. The Hall–Kier alpha value is -2.83. The molecule has 3 aromatic rings. The number of benzene rings is 2. The summed E-state index contributed by atoms with van der Waals surface area (Å²) >= 11 is 1.99. The molecule has 0 radical (unpaired) electrons. The number of ether oxygens (including phenoxy) is 1. The molecular weight excluding hydrogens is 406 g/mol. The van der Waals surface area contributed by atoms with Crippen molar-refractivity contribution < 1.29 is 9.57 Å². The third kappa shape index (κ3) is 6.32. The molecule has 0 bridgehead atoms. The average molecular weight is 434 g/mol. The lowest BCUT2D eigenvalue weighted by atomic mass is 10.1. The fraction of sp³-hybridized carbons (Fsp3) is 0.280. The van der Waals surface area contributed by atoms with Gasteiger partial charge in [-0.3, -0.25) is 4.98 Å². The van der Waals surface area contributed by atoms with Crippen LogP contribution in [0.3, 0.4) is 0 Å². The van der Waals surface area contributed by atoms with Crippen LogP contribution in [-0.2, 0) is 11.3 Å². The van der Waals surface area contributed by atoms with E-state index in [0.717, 1.165) is 47.1 Å². The third-order valence-electron chi connectivity index (χ3n) is 5.08. The van der Waals surface area contributed by atoms with Gasteiger partial charge in [-0.1, -0.05) is 47.6 Å². The lowest BCUT2D eigenvalue weighted by Gasteiger charge is -2.09. The second-order valence-corrected chi connectivity index (χ2v) is 8.68. The Morgan fingerprint density at radius 2 is 1.90 bits per heavy atom. The third-order valence-corrected chi connectivity index (χ3v) is 6.25. The van der Waals surface area contributed by atoms with Crippen molar-refractivity contribution in [2.24, 2.45) is 5.16 Å². The van der Waals surface area contributed by atoms with Crippen molar-refractivity contribution in [2.75, 3.05) is 25.6 Å². The van der Waals surface area contributed by atoms with Crippen molar-refractivity contribution in [1.82, 2.24) is 10.3 Å². The number of nitrogens with one attached hydrogen (secondary N) is 1. The standard InChI is InChI=1S/C25H27N3O2S/c1-19(22-9-12-25(27-16-22)21-5-3-2-4-6-21)28-30-14-13-29-23-10-7-20(8-11-23)15-24-17-26-18-31-24/h2-12,16,24,26H,13-15,17-18H2,1H3. The van der Waals surface area contributed by atoms with Crippen LogP contribution < -0.4 is 10.1 Å². The Bertz CT molecular complexity index is 970. The summed E-state index contributed by atoms with van der Waals surface area (Å²) in [6.07, 6.45) is 2.92. The van der Waals surface area contributed by atoms with Gasteiger partial charge in [-0.15, -0.1) is 11.8 Å².